The highest BCUT2D eigenvalue weighted by atomic mass is 16.5. The van der Waals surface area contributed by atoms with Gasteiger partial charge in [0.15, 0.2) is 0 Å². The van der Waals surface area contributed by atoms with Crippen molar-refractivity contribution in [1.82, 2.24) is 5.32 Å². The van der Waals surface area contributed by atoms with Gasteiger partial charge in [-0.3, -0.25) is 9.59 Å². The second-order valence-corrected chi connectivity index (χ2v) is 25.3. The molecule has 0 aliphatic carbocycles. The molecule has 6 heteroatoms. The topological polar surface area (TPSA) is 95.9 Å². The largest absolute Gasteiger partial charge is 0.466 e. The molecule has 0 spiro atoms. The lowest BCUT2D eigenvalue weighted by atomic mass is 10.0. The zero-order valence-electron chi connectivity index (χ0n) is 53.4. The molecule has 0 aliphatic heterocycles. The van der Waals surface area contributed by atoms with Gasteiger partial charge >= 0.3 is 5.97 Å². The van der Waals surface area contributed by atoms with E-state index in [1.165, 1.54) is 353 Å². The van der Waals surface area contributed by atoms with Crippen LogP contribution in [0.25, 0.3) is 0 Å². The van der Waals surface area contributed by atoms with Gasteiger partial charge in [0.2, 0.25) is 5.91 Å². The van der Waals surface area contributed by atoms with E-state index >= 15 is 0 Å². The van der Waals surface area contributed by atoms with E-state index in [4.69, 9.17) is 4.74 Å². The number of amides is 1. The van der Waals surface area contributed by atoms with Gasteiger partial charge in [-0.2, -0.15) is 0 Å². The first-order chi connectivity index (χ1) is 38.5. The standard InChI is InChI=1S/C72H143NO5/c1-3-5-7-9-11-13-15-17-18-19-20-31-34-37-41-44-48-52-56-60-64-70(75)69(68-74)73-71(76)65-61-57-53-49-45-42-38-35-32-29-27-25-23-21-22-24-26-28-30-33-36-39-43-47-51-55-59-63-67-78-72(77)66-62-58-54-50-46-40-16-14-12-10-8-6-4-2/h69-70,74-75H,3-68H2,1-2H3,(H,73,76). The van der Waals surface area contributed by atoms with Crippen LogP contribution in [-0.4, -0.2) is 47.4 Å². The molecule has 0 fully saturated rings. The quantitative estimate of drug-likeness (QED) is 0.0417. The third-order valence-corrected chi connectivity index (χ3v) is 17.4. The van der Waals surface area contributed by atoms with Crippen molar-refractivity contribution in [2.45, 2.75) is 437 Å². The molecule has 0 bridgehead atoms. The van der Waals surface area contributed by atoms with Gasteiger partial charge in [-0.25, -0.2) is 0 Å². The van der Waals surface area contributed by atoms with Gasteiger partial charge in [0.1, 0.15) is 0 Å². The molecule has 0 aromatic carbocycles. The fourth-order valence-electron chi connectivity index (χ4n) is 11.9. The lowest BCUT2D eigenvalue weighted by Crippen LogP contribution is -2.45. The van der Waals surface area contributed by atoms with Crippen molar-refractivity contribution < 1.29 is 24.5 Å². The summed E-state index contributed by atoms with van der Waals surface area (Å²) < 4.78 is 5.49. The summed E-state index contributed by atoms with van der Waals surface area (Å²) in [7, 11) is 0. The highest BCUT2D eigenvalue weighted by Crippen LogP contribution is 2.20. The minimum atomic E-state index is -0.662. The molecule has 0 aliphatic rings. The molecule has 2 unspecified atom stereocenters. The molecular weight excluding hydrogens is 959 g/mol. The van der Waals surface area contributed by atoms with Gasteiger partial charge in [0, 0.05) is 12.8 Å². The molecule has 0 aromatic rings. The molecular formula is C72H143NO5. The lowest BCUT2D eigenvalue weighted by Gasteiger charge is -2.22. The van der Waals surface area contributed by atoms with Crippen LogP contribution >= 0.6 is 0 Å². The fraction of sp³-hybridized carbons (Fsp3) is 0.972. The van der Waals surface area contributed by atoms with E-state index in [1.54, 1.807) is 0 Å². The summed E-state index contributed by atoms with van der Waals surface area (Å²) in [5.41, 5.74) is 0. The van der Waals surface area contributed by atoms with Crippen LogP contribution in [0.4, 0.5) is 0 Å². The van der Waals surface area contributed by atoms with Gasteiger partial charge in [-0.05, 0) is 25.7 Å². The first-order valence-corrected chi connectivity index (χ1v) is 36.3. The number of carbonyl (C=O) groups excluding carboxylic acids is 2. The average molecular weight is 1100 g/mol. The van der Waals surface area contributed by atoms with Crippen molar-refractivity contribution in [3.63, 3.8) is 0 Å². The molecule has 6 nitrogen and oxygen atoms in total. The Morgan fingerprint density at radius 3 is 0.782 bits per heavy atom. The smallest absolute Gasteiger partial charge is 0.305 e. The number of rotatable bonds is 69. The van der Waals surface area contributed by atoms with E-state index in [-0.39, 0.29) is 18.5 Å². The molecule has 1 amide bonds. The summed E-state index contributed by atoms with van der Waals surface area (Å²) in [6.45, 7) is 5.01. The number of hydrogen-bond acceptors (Lipinski definition) is 5. The maximum atomic E-state index is 12.5. The molecule has 0 radical (unpaired) electrons. The van der Waals surface area contributed by atoms with E-state index in [0.717, 1.165) is 38.5 Å². The number of ether oxygens (including phenoxy) is 1. The van der Waals surface area contributed by atoms with E-state index < -0.39 is 12.1 Å². The van der Waals surface area contributed by atoms with Crippen molar-refractivity contribution >= 4 is 11.9 Å². The highest BCUT2D eigenvalue weighted by Gasteiger charge is 2.20. The lowest BCUT2D eigenvalue weighted by molar-refractivity contribution is -0.143. The average Bonchev–Trinajstić information content (AvgIpc) is 3.44. The first-order valence-electron chi connectivity index (χ1n) is 36.3. The van der Waals surface area contributed by atoms with Crippen molar-refractivity contribution in [3.05, 3.63) is 0 Å². The predicted molar refractivity (Wildman–Crippen MR) is 343 cm³/mol. The Hall–Kier alpha value is -1.14. The molecule has 78 heavy (non-hydrogen) atoms. The highest BCUT2D eigenvalue weighted by molar-refractivity contribution is 5.76. The minimum absolute atomic E-state index is 0.0217. The molecule has 466 valence electrons. The SMILES string of the molecule is CCCCCCCCCCCCCCCCCCCCCCC(O)C(CO)NC(=O)CCCCCCCCCCCCCCCCCCCCCCCCCCCCCCOC(=O)CCCCCCCCCCCCCCC. The van der Waals surface area contributed by atoms with Crippen molar-refractivity contribution in [3.8, 4) is 0 Å². The summed E-state index contributed by atoms with van der Waals surface area (Å²) >= 11 is 0. The van der Waals surface area contributed by atoms with Gasteiger partial charge in [-0.15, -0.1) is 0 Å². The normalized spacial score (nSPS) is 12.4. The van der Waals surface area contributed by atoms with Crippen LogP contribution in [0, 0.1) is 0 Å². The molecule has 0 saturated heterocycles. The number of carbonyl (C=O) groups is 2. The molecule has 0 heterocycles. The number of esters is 1. The summed E-state index contributed by atoms with van der Waals surface area (Å²) in [6, 6.07) is -0.539. The summed E-state index contributed by atoms with van der Waals surface area (Å²) in [6.07, 6.45) is 83.0. The van der Waals surface area contributed by atoms with Crippen molar-refractivity contribution in [1.29, 1.82) is 0 Å². The van der Waals surface area contributed by atoms with Crippen molar-refractivity contribution in [2.24, 2.45) is 0 Å². The number of aliphatic hydroxyl groups excluding tert-OH is 2. The van der Waals surface area contributed by atoms with E-state index in [9.17, 15) is 19.8 Å². The second-order valence-electron chi connectivity index (χ2n) is 25.3. The molecule has 0 rings (SSSR count). The van der Waals surface area contributed by atoms with Crippen LogP contribution < -0.4 is 5.32 Å². The van der Waals surface area contributed by atoms with E-state index in [2.05, 4.69) is 19.2 Å². The van der Waals surface area contributed by atoms with E-state index in [1.807, 2.05) is 0 Å². The van der Waals surface area contributed by atoms with Gasteiger partial charge in [0.25, 0.3) is 0 Å². The molecule has 0 aromatic heterocycles. The summed E-state index contributed by atoms with van der Waals surface area (Å²) in [4.78, 5) is 24.6. The van der Waals surface area contributed by atoms with Crippen LogP contribution in [-0.2, 0) is 14.3 Å². The maximum absolute atomic E-state index is 12.5. The molecule has 3 N–H and O–H groups in total. The number of aliphatic hydroxyl groups is 2. The Bertz CT molecular complexity index is 1130. The van der Waals surface area contributed by atoms with Gasteiger partial charge in [0.05, 0.1) is 25.4 Å². The zero-order chi connectivity index (χ0) is 56.4. The van der Waals surface area contributed by atoms with Crippen LogP contribution in [0.15, 0.2) is 0 Å². The number of nitrogens with one attached hydrogen (secondary N) is 1. The Kier molecular flexibility index (Phi) is 67.4. The monoisotopic (exact) mass is 1100 g/mol. The predicted octanol–water partition coefficient (Wildman–Crippen LogP) is 23.4. The Morgan fingerprint density at radius 1 is 0.308 bits per heavy atom. The van der Waals surface area contributed by atoms with E-state index in [0.29, 0.717) is 25.9 Å². The third-order valence-electron chi connectivity index (χ3n) is 17.4. The number of hydrogen-bond donors (Lipinski definition) is 3. The minimum Gasteiger partial charge on any atom is -0.466 e. The zero-order valence-corrected chi connectivity index (χ0v) is 53.4. The third kappa shape index (κ3) is 64.0. The summed E-state index contributed by atoms with van der Waals surface area (Å²) in [5.74, 6) is -0.00471. The Morgan fingerprint density at radius 2 is 0.526 bits per heavy atom. The first kappa shape index (κ1) is 76.9. The maximum Gasteiger partial charge on any atom is 0.305 e. The molecule has 2 atom stereocenters. The fourth-order valence-corrected chi connectivity index (χ4v) is 11.9. The van der Waals surface area contributed by atoms with Crippen LogP contribution in [0.1, 0.15) is 425 Å². The van der Waals surface area contributed by atoms with Crippen LogP contribution in [0.3, 0.4) is 0 Å². The van der Waals surface area contributed by atoms with Gasteiger partial charge < -0.3 is 20.3 Å². The van der Waals surface area contributed by atoms with Crippen LogP contribution in [0.2, 0.25) is 0 Å². The Labute approximate surface area is 489 Å². The van der Waals surface area contributed by atoms with Gasteiger partial charge in [-0.1, -0.05) is 386 Å². The van der Waals surface area contributed by atoms with Crippen molar-refractivity contribution in [2.75, 3.05) is 13.2 Å². The summed E-state index contributed by atoms with van der Waals surface area (Å²) in [5, 5.41) is 23.4. The second kappa shape index (κ2) is 68.4. The van der Waals surface area contributed by atoms with Crippen LogP contribution in [0.5, 0.6) is 0 Å². The molecule has 0 saturated carbocycles. The number of unbranched alkanes of at least 4 members (excludes halogenated alkanes) is 58. The Balaban J connectivity index is 3.33.